The lowest BCUT2D eigenvalue weighted by atomic mass is 10.2. The van der Waals surface area contributed by atoms with Crippen LogP contribution in [0.2, 0.25) is 0 Å². The number of carbonyl (C=O) groups excluding carboxylic acids is 2. The average Bonchev–Trinajstić information content (AvgIpc) is 2.29. The maximum atomic E-state index is 11.7. The summed E-state index contributed by atoms with van der Waals surface area (Å²) < 4.78 is 0.648. The van der Waals surface area contributed by atoms with Crippen molar-refractivity contribution >= 4 is 33.6 Å². The van der Waals surface area contributed by atoms with E-state index in [1.54, 1.807) is 13.0 Å². The molecule has 4 N–H and O–H groups in total. The molecule has 17 heavy (non-hydrogen) atoms. The average molecular weight is 301 g/mol. The molecule has 0 unspecified atom stereocenters. The van der Waals surface area contributed by atoms with E-state index in [0.717, 1.165) is 0 Å². The van der Waals surface area contributed by atoms with E-state index in [1.165, 1.54) is 6.20 Å². The first kappa shape index (κ1) is 13.4. The number of amides is 2. The van der Waals surface area contributed by atoms with Crippen molar-refractivity contribution in [2.24, 2.45) is 0 Å². The molecule has 0 aromatic carbocycles. The molecule has 0 spiro atoms. The Morgan fingerprint density at radius 3 is 2.82 bits per heavy atom. The number of nitrogens with two attached hydrogens (primary N) is 1. The van der Waals surface area contributed by atoms with Crippen molar-refractivity contribution < 1.29 is 9.59 Å². The van der Waals surface area contributed by atoms with E-state index < -0.39 is 5.91 Å². The molecule has 2 amide bonds. The minimum absolute atomic E-state index is 0.0847. The standard InChI is InChI=1S/C10H13BrN4O2/c1-2-13-8(16)5-15-10(17)7-3-6(11)4-14-9(7)12/h3-4H,2,5H2,1H3,(H2,12,14)(H,13,16)(H,15,17). The zero-order valence-corrected chi connectivity index (χ0v) is 10.9. The third-order valence-electron chi connectivity index (χ3n) is 1.91. The van der Waals surface area contributed by atoms with Crippen molar-refractivity contribution in [2.75, 3.05) is 18.8 Å². The van der Waals surface area contributed by atoms with E-state index in [-0.39, 0.29) is 23.8 Å². The van der Waals surface area contributed by atoms with Crippen molar-refractivity contribution in [1.29, 1.82) is 0 Å². The Balaban J connectivity index is 2.64. The van der Waals surface area contributed by atoms with Gasteiger partial charge in [0.25, 0.3) is 5.91 Å². The van der Waals surface area contributed by atoms with Crippen LogP contribution in [-0.2, 0) is 4.79 Å². The maximum Gasteiger partial charge on any atom is 0.255 e. The Labute approximate surface area is 107 Å². The lowest BCUT2D eigenvalue weighted by Crippen LogP contribution is -2.37. The fourth-order valence-electron chi connectivity index (χ4n) is 1.15. The summed E-state index contributed by atoms with van der Waals surface area (Å²) in [6.07, 6.45) is 1.50. The highest BCUT2D eigenvalue weighted by Gasteiger charge is 2.12. The summed E-state index contributed by atoms with van der Waals surface area (Å²) in [5.41, 5.74) is 5.80. The molecule has 0 saturated heterocycles. The normalized spacial score (nSPS) is 9.76. The van der Waals surface area contributed by atoms with Crippen LogP contribution in [0, 0.1) is 0 Å². The van der Waals surface area contributed by atoms with E-state index in [4.69, 9.17) is 5.73 Å². The first-order valence-corrected chi connectivity index (χ1v) is 5.79. The van der Waals surface area contributed by atoms with Gasteiger partial charge in [-0.3, -0.25) is 9.59 Å². The summed E-state index contributed by atoms with van der Waals surface area (Å²) in [7, 11) is 0. The largest absolute Gasteiger partial charge is 0.383 e. The molecule has 0 aliphatic rings. The van der Waals surface area contributed by atoms with Gasteiger partial charge in [0.2, 0.25) is 5.91 Å². The highest BCUT2D eigenvalue weighted by molar-refractivity contribution is 9.10. The molecular weight excluding hydrogens is 288 g/mol. The highest BCUT2D eigenvalue weighted by Crippen LogP contribution is 2.15. The van der Waals surface area contributed by atoms with E-state index in [0.29, 0.717) is 11.0 Å². The number of carbonyl (C=O) groups is 2. The fraction of sp³-hybridized carbons (Fsp3) is 0.300. The molecule has 0 bridgehead atoms. The van der Waals surface area contributed by atoms with Gasteiger partial charge in [0.05, 0.1) is 12.1 Å². The number of nitrogen functional groups attached to an aromatic ring is 1. The fourth-order valence-corrected chi connectivity index (χ4v) is 1.48. The molecule has 0 atom stereocenters. The molecule has 92 valence electrons. The summed E-state index contributed by atoms with van der Waals surface area (Å²) in [5.74, 6) is -0.550. The predicted molar refractivity (Wildman–Crippen MR) is 67.4 cm³/mol. The number of pyridine rings is 1. The van der Waals surface area contributed by atoms with Gasteiger partial charge in [-0.05, 0) is 28.9 Å². The van der Waals surface area contributed by atoms with Crippen LogP contribution >= 0.6 is 15.9 Å². The number of nitrogens with zero attached hydrogens (tertiary/aromatic N) is 1. The van der Waals surface area contributed by atoms with Crippen LogP contribution in [-0.4, -0.2) is 29.9 Å². The van der Waals surface area contributed by atoms with Crippen molar-refractivity contribution in [2.45, 2.75) is 6.92 Å². The Hall–Kier alpha value is -1.63. The molecule has 0 fully saturated rings. The number of aromatic nitrogens is 1. The first-order valence-electron chi connectivity index (χ1n) is 5.00. The molecule has 1 rings (SSSR count). The Bertz CT molecular complexity index is 436. The topological polar surface area (TPSA) is 97.1 Å². The zero-order chi connectivity index (χ0) is 12.8. The van der Waals surface area contributed by atoms with E-state index >= 15 is 0 Å². The van der Waals surface area contributed by atoms with Gasteiger partial charge in [-0.1, -0.05) is 0 Å². The third kappa shape index (κ3) is 4.03. The lowest BCUT2D eigenvalue weighted by Gasteiger charge is -2.07. The first-order chi connectivity index (χ1) is 8.04. The van der Waals surface area contributed by atoms with Gasteiger partial charge in [0.1, 0.15) is 5.82 Å². The molecule has 1 heterocycles. The van der Waals surface area contributed by atoms with Gasteiger partial charge in [0.15, 0.2) is 0 Å². The van der Waals surface area contributed by atoms with Crippen LogP contribution < -0.4 is 16.4 Å². The number of hydrogen-bond donors (Lipinski definition) is 3. The van der Waals surface area contributed by atoms with Gasteiger partial charge < -0.3 is 16.4 Å². The van der Waals surface area contributed by atoms with Crippen LogP contribution in [0.5, 0.6) is 0 Å². The van der Waals surface area contributed by atoms with Gasteiger partial charge >= 0.3 is 0 Å². The number of nitrogens with one attached hydrogen (secondary N) is 2. The van der Waals surface area contributed by atoms with Gasteiger partial charge in [-0.2, -0.15) is 0 Å². The Morgan fingerprint density at radius 1 is 1.47 bits per heavy atom. The number of halogens is 1. The molecule has 6 nitrogen and oxygen atoms in total. The predicted octanol–water partition coefficient (Wildman–Crippen LogP) is 0.292. The van der Waals surface area contributed by atoms with E-state index in [2.05, 4.69) is 31.5 Å². The van der Waals surface area contributed by atoms with Gasteiger partial charge in [-0.15, -0.1) is 0 Å². The summed E-state index contributed by atoms with van der Waals surface area (Å²) in [5, 5.41) is 5.03. The zero-order valence-electron chi connectivity index (χ0n) is 9.29. The van der Waals surface area contributed by atoms with Crippen LogP contribution in [0.1, 0.15) is 17.3 Å². The number of anilines is 1. The summed E-state index contributed by atoms with van der Waals surface area (Å²) in [6, 6.07) is 1.55. The quantitative estimate of drug-likeness (QED) is 0.744. The van der Waals surface area contributed by atoms with Crippen molar-refractivity contribution in [1.82, 2.24) is 15.6 Å². The second kappa shape index (κ2) is 6.19. The molecule has 1 aromatic heterocycles. The second-order valence-electron chi connectivity index (χ2n) is 3.22. The number of likely N-dealkylation sites (N-methyl/N-ethyl adjacent to an activating group) is 1. The highest BCUT2D eigenvalue weighted by atomic mass is 79.9. The van der Waals surface area contributed by atoms with E-state index in [1.807, 2.05) is 0 Å². The Kier molecular flexibility index (Phi) is 4.89. The minimum atomic E-state index is -0.428. The SMILES string of the molecule is CCNC(=O)CNC(=O)c1cc(Br)cnc1N. The Morgan fingerprint density at radius 2 is 2.18 bits per heavy atom. The van der Waals surface area contributed by atoms with Crippen LogP contribution in [0.25, 0.3) is 0 Å². The van der Waals surface area contributed by atoms with Gasteiger partial charge in [-0.25, -0.2) is 4.98 Å². The van der Waals surface area contributed by atoms with Crippen molar-refractivity contribution in [3.05, 3.63) is 22.3 Å². The van der Waals surface area contributed by atoms with Crippen molar-refractivity contribution in [3.8, 4) is 0 Å². The minimum Gasteiger partial charge on any atom is -0.383 e. The molecule has 0 saturated carbocycles. The number of hydrogen-bond acceptors (Lipinski definition) is 4. The van der Waals surface area contributed by atoms with Crippen LogP contribution in [0.15, 0.2) is 16.7 Å². The summed E-state index contributed by atoms with van der Waals surface area (Å²) >= 11 is 3.19. The summed E-state index contributed by atoms with van der Waals surface area (Å²) in [6.45, 7) is 2.24. The second-order valence-corrected chi connectivity index (χ2v) is 4.14. The van der Waals surface area contributed by atoms with Crippen LogP contribution in [0.4, 0.5) is 5.82 Å². The lowest BCUT2D eigenvalue weighted by molar-refractivity contribution is -0.120. The third-order valence-corrected chi connectivity index (χ3v) is 2.35. The van der Waals surface area contributed by atoms with E-state index in [9.17, 15) is 9.59 Å². The molecule has 7 heteroatoms. The van der Waals surface area contributed by atoms with Gasteiger partial charge in [0, 0.05) is 17.2 Å². The summed E-state index contributed by atoms with van der Waals surface area (Å²) in [4.78, 5) is 26.7. The molecule has 0 aliphatic heterocycles. The monoisotopic (exact) mass is 300 g/mol. The molecule has 0 radical (unpaired) electrons. The molecular formula is C10H13BrN4O2. The number of rotatable bonds is 4. The maximum absolute atomic E-state index is 11.7. The molecule has 0 aliphatic carbocycles. The van der Waals surface area contributed by atoms with Crippen LogP contribution in [0.3, 0.4) is 0 Å². The molecule has 1 aromatic rings. The van der Waals surface area contributed by atoms with Crippen molar-refractivity contribution in [3.63, 3.8) is 0 Å². The smallest absolute Gasteiger partial charge is 0.255 e.